The first-order valence-corrected chi connectivity index (χ1v) is 9.41. The summed E-state index contributed by atoms with van der Waals surface area (Å²) in [5, 5.41) is 2.84. The lowest BCUT2D eigenvalue weighted by Crippen LogP contribution is -2.35. The highest BCUT2D eigenvalue weighted by molar-refractivity contribution is 9.10. The van der Waals surface area contributed by atoms with Gasteiger partial charge in [-0.05, 0) is 61.2 Å². The lowest BCUT2D eigenvalue weighted by atomic mass is 10.0. The molecule has 0 aliphatic carbocycles. The van der Waals surface area contributed by atoms with Gasteiger partial charge in [0.2, 0.25) is 5.91 Å². The molecule has 3 rings (SSSR count). The smallest absolute Gasteiger partial charge is 0.410 e. The Morgan fingerprint density at radius 1 is 1.35 bits per heavy atom. The third kappa shape index (κ3) is 4.75. The molecule has 0 aromatic carbocycles. The summed E-state index contributed by atoms with van der Waals surface area (Å²) in [4.78, 5) is 30.5. The predicted molar refractivity (Wildman–Crippen MR) is 102 cm³/mol. The minimum atomic E-state index is -0.509. The zero-order valence-corrected chi connectivity index (χ0v) is 16.7. The van der Waals surface area contributed by atoms with E-state index in [-0.39, 0.29) is 17.9 Å². The van der Waals surface area contributed by atoms with Crippen molar-refractivity contribution >= 4 is 39.4 Å². The number of carbonyl (C=O) groups excluding carboxylic acids is 2. The molecule has 140 valence electrons. The van der Waals surface area contributed by atoms with Crippen molar-refractivity contribution in [1.29, 1.82) is 0 Å². The number of halogens is 1. The molecule has 8 heteroatoms. The van der Waals surface area contributed by atoms with Crippen LogP contribution in [0.5, 0.6) is 0 Å². The molecule has 3 heterocycles. The predicted octanol–water partition coefficient (Wildman–Crippen LogP) is 3.68. The van der Waals surface area contributed by atoms with Crippen molar-refractivity contribution in [3.05, 3.63) is 29.0 Å². The molecule has 2 amide bonds. The Morgan fingerprint density at radius 3 is 2.85 bits per heavy atom. The fourth-order valence-corrected chi connectivity index (χ4v) is 3.33. The van der Waals surface area contributed by atoms with Crippen LogP contribution in [-0.4, -0.2) is 45.0 Å². The van der Waals surface area contributed by atoms with Gasteiger partial charge in [-0.3, -0.25) is 4.79 Å². The largest absolute Gasteiger partial charge is 0.444 e. The Kier molecular flexibility index (Phi) is 5.22. The van der Waals surface area contributed by atoms with Gasteiger partial charge in [0, 0.05) is 30.2 Å². The Labute approximate surface area is 160 Å². The number of carbonyl (C=O) groups is 2. The van der Waals surface area contributed by atoms with E-state index in [1.807, 2.05) is 43.5 Å². The first-order chi connectivity index (χ1) is 12.2. The van der Waals surface area contributed by atoms with E-state index in [4.69, 9.17) is 4.74 Å². The maximum Gasteiger partial charge on any atom is 0.410 e. The minimum Gasteiger partial charge on any atom is -0.444 e. The van der Waals surface area contributed by atoms with Gasteiger partial charge in [0.1, 0.15) is 11.2 Å². The summed E-state index contributed by atoms with van der Waals surface area (Å²) in [5.74, 6) is 0.562. The molecule has 0 bridgehead atoms. The van der Waals surface area contributed by atoms with Crippen LogP contribution in [0.3, 0.4) is 0 Å². The highest BCUT2D eigenvalue weighted by Crippen LogP contribution is 2.23. The van der Waals surface area contributed by atoms with Gasteiger partial charge in [0.05, 0.1) is 6.20 Å². The second kappa shape index (κ2) is 7.26. The van der Waals surface area contributed by atoms with Gasteiger partial charge in [-0.2, -0.15) is 0 Å². The van der Waals surface area contributed by atoms with E-state index in [0.29, 0.717) is 25.3 Å². The second-order valence-corrected chi connectivity index (χ2v) is 8.49. The van der Waals surface area contributed by atoms with Gasteiger partial charge in [-0.25, -0.2) is 9.78 Å². The summed E-state index contributed by atoms with van der Waals surface area (Å²) >= 11 is 3.41. The van der Waals surface area contributed by atoms with Crippen molar-refractivity contribution in [3.8, 4) is 0 Å². The van der Waals surface area contributed by atoms with Gasteiger partial charge in [-0.15, -0.1) is 0 Å². The molecule has 26 heavy (non-hydrogen) atoms. The van der Waals surface area contributed by atoms with Crippen molar-refractivity contribution in [3.63, 3.8) is 0 Å². The van der Waals surface area contributed by atoms with Crippen LogP contribution < -0.4 is 5.32 Å². The first kappa shape index (κ1) is 18.7. The summed E-state index contributed by atoms with van der Waals surface area (Å²) in [7, 11) is 0. The van der Waals surface area contributed by atoms with E-state index >= 15 is 0 Å². The lowest BCUT2D eigenvalue weighted by Gasteiger charge is -2.24. The van der Waals surface area contributed by atoms with Crippen LogP contribution in [0.2, 0.25) is 0 Å². The standard InChI is InChI=1S/C18H23BrN4O3/c1-18(2,3)26-17(25)22-7-6-12(9-22)8-16(24)21-14-11-23-10-13(19)4-5-15(23)20-14/h4-5,10-12H,6-9H2,1-3H3,(H,21,24). The van der Waals surface area contributed by atoms with Crippen molar-refractivity contribution in [2.24, 2.45) is 5.92 Å². The molecule has 1 N–H and O–H groups in total. The molecule has 1 atom stereocenters. The van der Waals surface area contributed by atoms with Gasteiger partial charge in [0.25, 0.3) is 0 Å². The van der Waals surface area contributed by atoms with Gasteiger partial charge >= 0.3 is 6.09 Å². The fourth-order valence-electron chi connectivity index (χ4n) is 2.97. The number of nitrogens with one attached hydrogen (secondary N) is 1. The Hall–Kier alpha value is -2.09. The van der Waals surface area contributed by atoms with E-state index < -0.39 is 5.60 Å². The zero-order valence-electron chi connectivity index (χ0n) is 15.2. The number of hydrogen-bond donors (Lipinski definition) is 1. The Bertz CT molecular complexity index is 827. The molecule has 1 unspecified atom stereocenters. The molecule has 0 spiro atoms. The van der Waals surface area contributed by atoms with E-state index in [9.17, 15) is 9.59 Å². The molecule has 2 aromatic heterocycles. The SMILES string of the molecule is CC(C)(C)OC(=O)N1CCC(CC(=O)Nc2cn3cc(Br)ccc3n2)C1. The van der Waals surface area contributed by atoms with Crippen LogP contribution in [0.25, 0.3) is 5.65 Å². The fraction of sp³-hybridized carbons (Fsp3) is 0.500. The monoisotopic (exact) mass is 422 g/mol. The van der Waals surface area contributed by atoms with E-state index in [1.165, 1.54) is 0 Å². The average molecular weight is 423 g/mol. The van der Waals surface area contributed by atoms with E-state index in [2.05, 4.69) is 26.2 Å². The molecule has 1 aliphatic heterocycles. The molecule has 1 saturated heterocycles. The summed E-state index contributed by atoms with van der Waals surface area (Å²) < 4.78 is 8.17. The molecular formula is C18H23BrN4O3. The summed E-state index contributed by atoms with van der Waals surface area (Å²) in [6, 6.07) is 3.77. The number of fused-ring (bicyclic) bond motifs is 1. The number of anilines is 1. The molecule has 1 fully saturated rings. The quantitative estimate of drug-likeness (QED) is 0.817. The number of imidazole rings is 1. The van der Waals surface area contributed by atoms with Crippen LogP contribution in [0, 0.1) is 5.92 Å². The van der Waals surface area contributed by atoms with Gasteiger partial charge in [0.15, 0.2) is 5.82 Å². The highest BCUT2D eigenvalue weighted by Gasteiger charge is 2.30. The van der Waals surface area contributed by atoms with Crippen LogP contribution >= 0.6 is 15.9 Å². The maximum atomic E-state index is 12.3. The number of amides is 2. The van der Waals surface area contributed by atoms with Crippen LogP contribution in [0.1, 0.15) is 33.6 Å². The number of pyridine rings is 1. The summed E-state index contributed by atoms with van der Waals surface area (Å²) in [6.07, 6.45) is 4.50. The number of likely N-dealkylation sites (tertiary alicyclic amines) is 1. The van der Waals surface area contributed by atoms with Gasteiger partial charge < -0.3 is 19.4 Å². The lowest BCUT2D eigenvalue weighted by molar-refractivity contribution is -0.117. The topological polar surface area (TPSA) is 75.9 Å². The van der Waals surface area contributed by atoms with Crippen molar-refractivity contribution in [1.82, 2.24) is 14.3 Å². The summed E-state index contributed by atoms with van der Waals surface area (Å²) in [6.45, 7) is 6.70. The molecule has 0 radical (unpaired) electrons. The molecular weight excluding hydrogens is 400 g/mol. The molecule has 1 aliphatic rings. The molecule has 7 nitrogen and oxygen atoms in total. The highest BCUT2D eigenvalue weighted by atomic mass is 79.9. The third-order valence-corrected chi connectivity index (χ3v) is 4.56. The van der Waals surface area contributed by atoms with Crippen LogP contribution in [-0.2, 0) is 9.53 Å². The third-order valence-electron chi connectivity index (χ3n) is 4.09. The number of rotatable bonds is 3. The Balaban J connectivity index is 1.53. The number of aromatic nitrogens is 2. The van der Waals surface area contributed by atoms with Crippen molar-refractivity contribution < 1.29 is 14.3 Å². The molecule has 2 aromatic rings. The van der Waals surface area contributed by atoms with Crippen molar-refractivity contribution in [2.75, 3.05) is 18.4 Å². The summed E-state index contributed by atoms with van der Waals surface area (Å²) in [5.41, 5.74) is 0.255. The number of nitrogens with zero attached hydrogens (tertiary/aromatic N) is 3. The Morgan fingerprint density at radius 2 is 2.12 bits per heavy atom. The van der Waals surface area contributed by atoms with E-state index in [1.54, 1.807) is 11.1 Å². The molecule has 0 saturated carbocycles. The van der Waals surface area contributed by atoms with Crippen LogP contribution in [0.15, 0.2) is 29.0 Å². The number of ether oxygens (including phenoxy) is 1. The zero-order chi connectivity index (χ0) is 18.9. The average Bonchev–Trinajstić information content (AvgIpc) is 3.11. The second-order valence-electron chi connectivity index (χ2n) is 7.57. The van der Waals surface area contributed by atoms with E-state index in [0.717, 1.165) is 16.5 Å². The van der Waals surface area contributed by atoms with Gasteiger partial charge in [-0.1, -0.05) is 0 Å². The normalized spacial score (nSPS) is 17.5. The minimum absolute atomic E-state index is 0.0940. The first-order valence-electron chi connectivity index (χ1n) is 8.62. The van der Waals surface area contributed by atoms with Crippen LogP contribution in [0.4, 0.5) is 10.6 Å². The van der Waals surface area contributed by atoms with Crippen molar-refractivity contribution in [2.45, 2.75) is 39.2 Å². The maximum absolute atomic E-state index is 12.3. The number of hydrogen-bond acceptors (Lipinski definition) is 4.